The molecule has 0 atom stereocenters. The summed E-state index contributed by atoms with van der Waals surface area (Å²) in [5.74, 6) is 0.756. The average molecular weight is 199 g/mol. The van der Waals surface area contributed by atoms with Gasteiger partial charge in [-0.1, -0.05) is 35.9 Å². The summed E-state index contributed by atoms with van der Waals surface area (Å²) in [4.78, 5) is 0. The van der Waals surface area contributed by atoms with Gasteiger partial charge in [-0.15, -0.1) is 0 Å². The quantitative estimate of drug-likeness (QED) is 0.690. The zero-order valence-electron chi connectivity index (χ0n) is 6.92. The fraction of sp³-hybridized carbons (Fsp3) is 0.200. The molecule has 0 amide bonds. The topological polar surface area (TPSA) is 0 Å². The van der Waals surface area contributed by atoms with E-state index in [2.05, 4.69) is 12.6 Å². The van der Waals surface area contributed by atoms with Crippen LogP contribution in [-0.2, 0) is 0 Å². The molecule has 0 fully saturated rings. The van der Waals surface area contributed by atoms with E-state index in [1.807, 2.05) is 37.3 Å². The summed E-state index contributed by atoms with van der Waals surface area (Å²) in [6, 6.07) is 5.89. The van der Waals surface area contributed by atoms with Gasteiger partial charge in [-0.25, -0.2) is 0 Å². The van der Waals surface area contributed by atoms with Crippen LogP contribution in [0.2, 0.25) is 5.02 Å². The highest BCUT2D eigenvalue weighted by atomic mass is 35.5. The average Bonchev–Trinajstić information content (AvgIpc) is 2.08. The van der Waals surface area contributed by atoms with Crippen molar-refractivity contribution in [3.05, 3.63) is 40.4 Å². The molecule has 0 unspecified atom stereocenters. The van der Waals surface area contributed by atoms with Gasteiger partial charge in [0, 0.05) is 10.8 Å². The van der Waals surface area contributed by atoms with Crippen LogP contribution in [0.1, 0.15) is 11.1 Å². The molecule has 0 N–H and O–H groups in total. The third-order valence-electron chi connectivity index (χ3n) is 1.71. The maximum Gasteiger partial charge on any atom is 0.0441 e. The van der Waals surface area contributed by atoms with Crippen molar-refractivity contribution in [2.24, 2.45) is 0 Å². The molecule has 64 valence electrons. The van der Waals surface area contributed by atoms with Gasteiger partial charge < -0.3 is 0 Å². The molecule has 0 heterocycles. The second-order valence-electron chi connectivity index (χ2n) is 2.54. The summed E-state index contributed by atoms with van der Waals surface area (Å²) in [5.41, 5.74) is 2.29. The molecule has 0 radical (unpaired) electrons. The second kappa shape index (κ2) is 4.58. The van der Waals surface area contributed by atoms with Crippen LogP contribution in [0.4, 0.5) is 0 Å². The number of benzene rings is 1. The van der Waals surface area contributed by atoms with E-state index in [1.165, 1.54) is 0 Å². The lowest BCUT2D eigenvalue weighted by Crippen LogP contribution is -1.80. The van der Waals surface area contributed by atoms with Crippen molar-refractivity contribution < 1.29 is 0 Å². The maximum absolute atomic E-state index is 5.94. The van der Waals surface area contributed by atoms with Crippen molar-refractivity contribution >= 4 is 30.3 Å². The van der Waals surface area contributed by atoms with Gasteiger partial charge in [-0.3, -0.25) is 0 Å². The Morgan fingerprint density at radius 1 is 1.50 bits per heavy atom. The standard InChI is InChI=1S/C10H11ClS/c1-8-9(5-3-7-12)4-2-6-10(8)11/h2-6,12H,7H2,1H3. The normalized spacial score (nSPS) is 10.9. The highest BCUT2D eigenvalue weighted by molar-refractivity contribution is 7.80. The zero-order valence-corrected chi connectivity index (χ0v) is 8.57. The third kappa shape index (κ3) is 2.29. The molecule has 0 aliphatic heterocycles. The van der Waals surface area contributed by atoms with Gasteiger partial charge in [0.25, 0.3) is 0 Å². The van der Waals surface area contributed by atoms with E-state index in [0.717, 1.165) is 21.9 Å². The highest BCUT2D eigenvalue weighted by Crippen LogP contribution is 2.19. The van der Waals surface area contributed by atoms with Gasteiger partial charge in [0.05, 0.1) is 0 Å². The minimum absolute atomic E-state index is 0.756. The lowest BCUT2D eigenvalue weighted by atomic mass is 10.1. The van der Waals surface area contributed by atoms with Crippen molar-refractivity contribution in [1.29, 1.82) is 0 Å². The molecular weight excluding hydrogens is 188 g/mol. The van der Waals surface area contributed by atoms with Crippen LogP contribution in [0, 0.1) is 6.92 Å². The van der Waals surface area contributed by atoms with E-state index < -0.39 is 0 Å². The van der Waals surface area contributed by atoms with Crippen molar-refractivity contribution in [2.75, 3.05) is 5.75 Å². The smallest absolute Gasteiger partial charge is 0.0441 e. The number of hydrogen-bond donors (Lipinski definition) is 1. The van der Waals surface area contributed by atoms with Gasteiger partial charge in [0.15, 0.2) is 0 Å². The fourth-order valence-corrected chi connectivity index (χ4v) is 1.27. The van der Waals surface area contributed by atoms with Gasteiger partial charge in [-0.2, -0.15) is 12.6 Å². The molecule has 0 saturated carbocycles. The van der Waals surface area contributed by atoms with Gasteiger partial charge in [0.1, 0.15) is 0 Å². The molecule has 0 aromatic heterocycles. The molecule has 0 nitrogen and oxygen atoms in total. The van der Waals surface area contributed by atoms with Gasteiger partial charge in [-0.05, 0) is 24.1 Å². The number of rotatable bonds is 2. The van der Waals surface area contributed by atoms with E-state index in [1.54, 1.807) is 0 Å². The molecule has 0 aliphatic carbocycles. The minimum atomic E-state index is 0.756. The Kier molecular flexibility index (Phi) is 3.70. The Morgan fingerprint density at radius 3 is 2.92 bits per heavy atom. The molecule has 1 rings (SSSR count). The van der Waals surface area contributed by atoms with E-state index in [9.17, 15) is 0 Å². The predicted octanol–water partition coefficient (Wildman–Crippen LogP) is 3.59. The molecule has 2 heteroatoms. The monoisotopic (exact) mass is 198 g/mol. The molecule has 1 aromatic rings. The first-order valence-electron chi connectivity index (χ1n) is 3.78. The number of thiol groups is 1. The molecule has 12 heavy (non-hydrogen) atoms. The maximum atomic E-state index is 5.94. The third-order valence-corrected chi connectivity index (χ3v) is 2.33. The molecule has 0 saturated heterocycles. The molecule has 0 bridgehead atoms. The lowest BCUT2D eigenvalue weighted by molar-refractivity contribution is 1.44. The van der Waals surface area contributed by atoms with E-state index >= 15 is 0 Å². The fourth-order valence-electron chi connectivity index (χ4n) is 0.984. The Balaban J connectivity index is 3.00. The second-order valence-corrected chi connectivity index (χ2v) is 3.31. The largest absolute Gasteiger partial charge is 0.175 e. The molecule has 1 aromatic carbocycles. The zero-order chi connectivity index (χ0) is 8.97. The van der Waals surface area contributed by atoms with Crippen LogP contribution in [0.3, 0.4) is 0 Å². The lowest BCUT2D eigenvalue weighted by Gasteiger charge is -2.01. The van der Waals surface area contributed by atoms with Crippen molar-refractivity contribution in [3.8, 4) is 0 Å². The summed E-state index contributed by atoms with van der Waals surface area (Å²) < 4.78 is 0. The van der Waals surface area contributed by atoms with Crippen LogP contribution in [0.15, 0.2) is 24.3 Å². The molecule has 0 aliphatic rings. The van der Waals surface area contributed by atoms with Crippen LogP contribution >= 0.6 is 24.2 Å². The van der Waals surface area contributed by atoms with Crippen LogP contribution < -0.4 is 0 Å². The first-order valence-corrected chi connectivity index (χ1v) is 4.79. The predicted molar refractivity (Wildman–Crippen MR) is 59.1 cm³/mol. The Hall–Kier alpha value is -0.400. The molecule has 0 spiro atoms. The summed E-state index contributed by atoms with van der Waals surface area (Å²) in [7, 11) is 0. The first kappa shape index (κ1) is 9.69. The van der Waals surface area contributed by atoms with Crippen molar-refractivity contribution in [3.63, 3.8) is 0 Å². The van der Waals surface area contributed by atoms with Crippen LogP contribution in [0.25, 0.3) is 6.08 Å². The summed E-state index contributed by atoms with van der Waals surface area (Å²) in [6.45, 7) is 2.01. The summed E-state index contributed by atoms with van der Waals surface area (Å²) in [6.07, 6.45) is 4.04. The van der Waals surface area contributed by atoms with Crippen molar-refractivity contribution in [1.82, 2.24) is 0 Å². The van der Waals surface area contributed by atoms with Gasteiger partial charge >= 0.3 is 0 Å². The number of halogens is 1. The van der Waals surface area contributed by atoms with Crippen molar-refractivity contribution in [2.45, 2.75) is 6.92 Å². The minimum Gasteiger partial charge on any atom is -0.175 e. The SMILES string of the molecule is Cc1c(Cl)cccc1C=CCS. The molecular formula is C10H11ClS. The van der Waals surface area contributed by atoms with Crippen LogP contribution in [-0.4, -0.2) is 5.75 Å². The summed E-state index contributed by atoms with van der Waals surface area (Å²) in [5, 5.41) is 0.816. The first-order chi connectivity index (χ1) is 5.75. The highest BCUT2D eigenvalue weighted by Gasteiger charge is 1.96. The van der Waals surface area contributed by atoms with E-state index in [0.29, 0.717) is 0 Å². The van der Waals surface area contributed by atoms with Crippen LogP contribution in [0.5, 0.6) is 0 Å². The van der Waals surface area contributed by atoms with Gasteiger partial charge in [0.2, 0.25) is 0 Å². The summed E-state index contributed by atoms with van der Waals surface area (Å²) >= 11 is 10.0. The Morgan fingerprint density at radius 2 is 2.25 bits per heavy atom. The number of hydrogen-bond acceptors (Lipinski definition) is 1. The van der Waals surface area contributed by atoms with E-state index in [4.69, 9.17) is 11.6 Å². The Labute approximate surface area is 83.7 Å². The Bertz CT molecular complexity index is 292. The van der Waals surface area contributed by atoms with E-state index in [-0.39, 0.29) is 0 Å².